The smallest absolute Gasteiger partial charge is 0.229 e. The zero-order valence-electron chi connectivity index (χ0n) is 13.0. The molecule has 0 unspecified atom stereocenters. The minimum atomic E-state index is -0.184. The van der Waals surface area contributed by atoms with Crippen molar-refractivity contribution in [3.05, 3.63) is 42.5 Å². The molecule has 5 heteroatoms. The van der Waals surface area contributed by atoms with Gasteiger partial charge in [0, 0.05) is 38.5 Å². The third-order valence-electron chi connectivity index (χ3n) is 4.20. The van der Waals surface area contributed by atoms with E-state index < -0.39 is 0 Å². The van der Waals surface area contributed by atoms with Crippen molar-refractivity contribution in [1.82, 2.24) is 4.90 Å². The first-order chi connectivity index (χ1) is 11.1. The molecule has 0 bridgehead atoms. The molecule has 0 atom stereocenters. The molecular formula is C18H18N2O3. The largest absolute Gasteiger partial charge is 0.315 e. The van der Waals surface area contributed by atoms with E-state index in [0.29, 0.717) is 0 Å². The van der Waals surface area contributed by atoms with Gasteiger partial charge in [0.1, 0.15) is 0 Å². The Bertz CT molecular complexity index is 769. The minimum Gasteiger partial charge on any atom is -0.315 e. The van der Waals surface area contributed by atoms with Gasteiger partial charge in [0.05, 0.1) is 0 Å². The van der Waals surface area contributed by atoms with E-state index in [1.54, 1.807) is 11.9 Å². The van der Waals surface area contributed by atoms with E-state index in [1.807, 2.05) is 42.5 Å². The summed E-state index contributed by atoms with van der Waals surface area (Å²) in [4.78, 5) is 38.2. The first kappa shape index (κ1) is 15.2. The maximum atomic E-state index is 12.3. The van der Waals surface area contributed by atoms with E-state index in [-0.39, 0.29) is 43.5 Å². The Kier molecular flexibility index (Phi) is 4.10. The number of hydrogen-bond acceptors (Lipinski definition) is 3. The molecule has 1 aliphatic rings. The van der Waals surface area contributed by atoms with E-state index in [4.69, 9.17) is 0 Å². The van der Waals surface area contributed by atoms with Crippen LogP contribution in [0.3, 0.4) is 0 Å². The number of anilines is 1. The Hall–Kier alpha value is -2.69. The Morgan fingerprint density at radius 1 is 1.04 bits per heavy atom. The van der Waals surface area contributed by atoms with Crippen LogP contribution in [-0.2, 0) is 14.4 Å². The lowest BCUT2D eigenvalue weighted by Gasteiger charge is -2.20. The van der Waals surface area contributed by atoms with Gasteiger partial charge in [-0.05, 0) is 22.9 Å². The van der Waals surface area contributed by atoms with Crippen LogP contribution in [-0.4, -0.2) is 36.2 Å². The predicted octanol–water partition coefficient (Wildman–Crippen LogP) is 2.34. The van der Waals surface area contributed by atoms with Crippen LogP contribution in [0.2, 0.25) is 0 Å². The number of carbonyl (C=O) groups excluding carboxylic acids is 3. The average molecular weight is 310 g/mol. The van der Waals surface area contributed by atoms with Crippen molar-refractivity contribution in [2.75, 3.05) is 18.5 Å². The van der Waals surface area contributed by atoms with Crippen molar-refractivity contribution in [3.63, 3.8) is 0 Å². The van der Waals surface area contributed by atoms with Gasteiger partial charge in [-0.3, -0.25) is 19.3 Å². The maximum absolute atomic E-state index is 12.3. The standard InChI is InChI=1S/C18H18N2O3/c1-19(15-7-6-13-4-2-3-5-14(13)12-15)16(21)10-11-20-17(22)8-9-18(20)23/h2-7,12H,8-11H2,1H3. The minimum absolute atomic E-state index is 0.118. The Morgan fingerprint density at radius 2 is 1.70 bits per heavy atom. The molecule has 0 radical (unpaired) electrons. The maximum Gasteiger partial charge on any atom is 0.229 e. The molecular weight excluding hydrogens is 292 g/mol. The molecule has 2 aromatic rings. The number of rotatable bonds is 4. The van der Waals surface area contributed by atoms with Crippen molar-refractivity contribution in [3.8, 4) is 0 Å². The molecule has 1 fully saturated rings. The second-order valence-electron chi connectivity index (χ2n) is 5.67. The van der Waals surface area contributed by atoms with E-state index in [1.165, 1.54) is 4.90 Å². The van der Waals surface area contributed by atoms with Crippen molar-refractivity contribution in [2.45, 2.75) is 19.3 Å². The monoisotopic (exact) mass is 310 g/mol. The third-order valence-corrected chi connectivity index (χ3v) is 4.20. The van der Waals surface area contributed by atoms with Gasteiger partial charge in [-0.25, -0.2) is 0 Å². The number of amides is 3. The lowest BCUT2D eigenvalue weighted by atomic mass is 10.1. The highest BCUT2D eigenvalue weighted by atomic mass is 16.2. The molecule has 118 valence electrons. The first-order valence-electron chi connectivity index (χ1n) is 7.65. The van der Waals surface area contributed by atoms with Crippen LogP contribution in [0, 0.1) is 0 Å². The normalized spacial score (nSPS) is 14.6. The van der Waals surface area contributed by atoms with Crippen molar-refractivity contribution < 1.29 is 14.4 Å². The van der Waals surface area contributed by atoms with Crippen LogP contribution < -0.4 is 4.90 Å². The SMILES string of the molecule is CN(C(=O)CCN1C(=O)CCC1=O)c1ccc2ccccc2c1. The molecule has 23 heavy (non-hydrogen) atoms. The molecule has 1 heterocycles. The Morgan fingerprint density at radius 3 is 2.39 bits per heavy atom. The van der Waals surface area contributed by atoms with Gasteiger partial charge in [-0.1, -0.05) is 30.3 Å². The van der Waals surface area contributed by atoms with Gasteiger partial charge >= 0.3 is 0 Å². The van der Waals surface area contributed by atoms with Crippen LogP contribution in [0.1, 0.15) is 19.3 Å². The van der Waals surface area contributed by atoms with Gasteiger partial charge in [-0.15, -0.1) is 0 Å². The Balaban J connectivity index is 1.68. The van der Waals surface area contributed by atoms with Gasteiger partial charge < -0.3 is 4.90 Å². The van der Waals surface area contributed by atoms with Crippen LogP contribution in [0.15, 0.2) is 42.5 Å². The molecule has 3 rings (SSSR count). The first-order valence-corrected chi connectivity index (χ1v) is 7.65. The summed E-state index contributed by atoms with van der Waals surface area (Å²) in [7, 11) is 1.71. The highest BCUT2D eigenvalue weighted by Gasteiger charge is 2.29. The summed E-state index contributed by atoms with van der Waals surface area (Å²) in [6.45, 7) is 0.161. The fraction of sp³-hybridized carbons (Fsp3) is 0.278. The van der Waals surface area contributed by atoms with Crippen LogP contribution in [0.5, 0.6) is 0 Å². The molecule has 0 aromatic heterocycles. The summed E-state index contributed by atoms with van der Waals surface area (Å²) in [5.74, 6) is -0.486. The molecule has 0 N–H and O–H groups in total. The number of carbonyl (C=O) groups is 3. The number of hydrogen-bond donors (Lipinski definition) is 0. The summed E-state index contributed by atoms with van der Waals surface area (Å²) in [6, 6.07) is 13.8. The molecule has 3 amide bonds. The number of fused-ring (bicyclic) bond motifs is 1. The molecule has 1 saturated heterocycles. The van der Waals surface area contributed by atoms with Gasteiger partial charge in [0.15, 0.2) is 0 Å². The number of nitrogens with zero attached hydrogens (tertiary/aromatic N) is 2. The van der Waals surface area contributed by atoms with Gasteiger partial charge in [0.25, 0.3) is 0 Å². The fourth-order valence-electron chi connectivity index (χ4n) is 2.78. The summed E-state index contributed by atoms with van der Waals surface area (Å²) < 4.78 is 0. The lowest BCUT2D eigenvalue weighted by Crippen LogP contribution is -2.34. The average Bonchev–Trinajstić information content (AvgIpc) is 2.89. The second-order valence-corrected chi connectivity index (χ2v) is 5.67. The summed E-state index contributed by atoms with van der Waals surface area (Å²) in [5.41, 5.74) is 0.799. The quantitative estimate of drug-likeness (QED) is 0.815. The van der Waals surface area contributed by atoms with Crippen LogP contribution in [0.25, 0.3) is 10.8 Å². The zero-order valence-corrected chi connectivity index (χ0v) is 13.0. The summed E-state index contributed by atoms with van der Waals surface area (Å²) >= 11 is 0. The van der Waals surface area contributed by atoms with E-state index in [9.17, 15) is 14.4 Å². The summed E-state index contributed by atoms with van der Waals surface area (Å²) in [6.07, 6.45) is 0.655. The number of benzene rings is 2. The van der Waals surface area contributed by atoms with Crippen LogP contribution >= 0.6 is 0 Å². The van der Waals surface area contributed by atoms with Gasteiger partial charge in [-0.2, -0.15) is 0 Å². The molecule has 1 aliphatic heterocycles. The lowest BCUT2D eigenvalue weighted by molar-refractivity contribution is -0.138. The fourth-order valence-corrected chi connectivity index (χ4v) is 2.78. The second kappa shape index (κ2) is 6.20. The zero-order chi connectivity index (χ0) is 16.4. The summed E-state index contributed by atoms with van der Waals surface area (Å²) in [5, 5.41) is 2.18. The predicted molar refractivity (Wildman–Crippen MR) is 87.9 cm³/mol. The van der Waals surface area contributed by atoms with E-state index in [0.717, 1.165) is 16.5 Å². The highest BCUT2D eigenvalue weighted by molar-refractivity contribution is 6.02. The van der Waals surface area contributed by atoms with Gasteiger partial charge in [0.2, 0.25) is 17.7 Å². The number of likely N-dealkylation sites (tertiary alicyclic amines) is 1. The van der Waals surface area contributed by atoms with Crippen LogP contribution in [0.4, 0.5) is 5.69 Å². The van der Waals surface area contributed by atoms with E-state index >= 15 is 0 Å². The topological polar surface area (TPSA) is 57.7 Å². The molecule has 0 aliphatic carbocycles. The van der Waals surface area contributed by atoms with Crippen molar-refractivity contribution in [1.29, 1.82) is 0 Å². The van der Waals surface area contributed by atoms with E-state index in [2.05, 4.69) is 0 Å². The molecule has 2 aromatic carbocycles. The Labute approximate surface area is 134 Å². The number of imide groups is 1. The van der Waals surface area contributed by atoms with Crippen molar-refractivity contribution >= 4 is 34.2 Å². The van der Waals surface area contributed by atoms with Crippen molar-refractivity contribution in [2.24, 2.45) is 0 Å². The third kappa shape index (κ3) is 3.08. The molecule has 5 nitrogen and oxygen atoms in total. The molecule has 0 saturated carbocycles. The molecule has 0 spiro atoms. The highest BCUT2D eigenvalue weighted by Crippen LogP contribution is 2.22.